The summed E-state index contributed by atoms with van der Waals surface area (Å²) in [4.78, 5) is 23.6. The van der Waals surface area contributed by atoms with Crippen molar-refractivity contribution in [1.29, 1.82) is 0 Å². The number of carboxylic acids is 1. The third-order valence-corrected chi connectivity index (χ3v) is 9.15. The first kappa shape index (κ1) is 30.3. The number of hydrogen-bond acceptors (Lipinski definition) is 4. The molecule has 7 rings (SSSR count). The third-order valence-electron chi connectivity index (χ3n) is 9.15. The Morgan fingerprint density at radius 3 is 1.48 bits per heavy atom. The molecule has 0 radical (unpaired) electrons. The minimum Gasteiger partial charge on any atom is -0.481 e. The summed E-state index contributed by atoms with van der Waals surface area (Å²) in [5.74, 6) is -0.686. The molecule has 0 atom stereocenters. The first-order valence-corrected chi connectivity index (χ1v) is 16.2. The summed E-state index contributed by atoms with van der Waals surface area (Å²) in [5.41, 5.74) is 5.97. The quantitative estimate of drug-likeness (QED) is 0.104. The van der Waals surface area contributed by atoms with E-state index < -0.39 is 17.2 Å². The summed E-state index contributed by atoms with van der Waals surface area (Å²) >= 11 is 0. The van der Waals surface area contributed by atoms with Crippen LogP contribution in [0.2, 0.25) is 0 Å². The summed E-state index contributed by atoms with van der Waals surface area (Å²) in [6.45, 7) is 1.35. The molecule has 0 fully saturated rings. The van der Waals surface area contributed by atoms with Gasteiger partial charge in [0.15, 0.2) is 11.2 Å². The SMILES string of the molecule is O=C(O)CCCCCCCCCCCOCc1ccc(C23OOC(c4ccccc4)(c4ccccc42)c2ccccc23)cc1. The van der Waals surface area contributed by atoms with Crippen LogP contribution < -0.4 is 0 Å². The van der Waals surface area contributed by atoms with Crippen LogP contribution in [0, 0.1) is 0 Å². The molecule has 0 amide bonds. The van der Waals surface area contributed by atoms with Crippen molar-refractivity contribution >= 4 is 5.97 Å². The molecule has 3 aliphatic rings. The maximum absolute atomic E-state index is 10.6. The predicted octanol–water partition coefficient (Wildman–Crippen LogP) is 9.05. The number of hydrogen-bond donors (Lipinski definition) is 1. The topological polar surface area (TPSA) is 65.0 Å². The molecule has 2 bridgehead atoms. The zero-order valence-electron chi connectivity index (χ0n) is 25.4. The van der Waals surface area contributed by atoms with E-state index in [1.165, 1.54) is 32.1 Å². The average molecular weight is 591 g/mol. The molecular formula is C39H42O5. The van der Waals surface area contributed by atoms with E-state index in [9.17, 15) is 4.79 Å². The Morgan fingerprint density at radius 1 is 0.545 bits per heavy atom. The Balaban J connectivity index is 1.06. The van der Waals surface area contributed by atoms with E-state index in [1.807, 2.05) is 18.2 Å². The number of aliphatic carboxylic acids is 1. The molecule has 0 saturated heterocycles. The van der Waals surface area contributed by atoms with Gasteiger partial charge in [-0.3, -0.25) is 4.79 Å². The fourth-order valence-electron chi connectivity index (χ4n) is 6.92. The molecule has 4 aromatic carbocycles. The van der Waals surface area contributed by atoms with Crippen LogP contribution in [-0.2, 0) is 37.1 Å². The smallest absolute Gasteiger partial charge is 0.303 e. The lowest BCUT2D eigenvalue weighted by atomic mass is 9.62. The maximum atomic E-state index is 10.6. The minimum absolute atomic E-state index is 0.299. The standard InChI is InChI=1S/C39H42O5/c40-37(41)23-11-6-4-2-1-3-5-7-16-28-42-29-30-24-26-32(27-25-30)39-35-21-14-12-19-33(35)38(43-44-39,31-17-9-8-10-18-31)34-20-13-15-22-36(34)39/h8-10,12-15,17-22,24-27H,1-7,11,16,23,28-29H2,(H,40,41). The van der Waals surface area contributed by atoms with Crippen molar-refractivity contribution in [2.24, 2.45) is 0 Å². The van der Waals surface area contributed by atoms with Crippen LogP contribution in [0.3, 0.4) is 0 Å². The van der Waals surface area contributed by atoms with E-state index >= 15 is 0 Å². The van der Waals surface area contributed by atoms with Gasteiger partial charge in [0.25, 0.3) is 0 Å². The molecule has 0 unspecified atom stereocenters. The lowest BCUT2D eigenvalue weighted by molar-refractivity contribution is -0.410. The number of rotatable bonds is 16. The fraction of sp³-hybridized carbons (Fsp3) is 0.359. The Bertz CT molecular complexity index is 1480. The van der Waals surface area contributed by atoms with Crippen LogP contribution in [0.1, 0.15) is 103 Å². The van der Waals surface area contributed by atoms with Crippen LogP contribution in [0.25, 0.3) is 0 Å². The molecule has 1 aliphatic carbocycles. The second kappa shape index (κ2) is 13.9. The number of ether oxygens (including phenoxy) is 1. The van der Waals surface area contributed by atoms with Gasteiger partial charge >= 0.3 is 5.97 Å². The summed E-state index contributed by atoms with van der Waals surface area (Å²) in [7, 11) is 0. The number of carboxylic acid groups (broad SMARTS) is 1. The van der Waals surface area contributed by atoms with Gasteiger partial charge in [-0.2, -0.15) is 0 Å². The number of benzene rings is 4. The maximum Gasteiger partial charge on any atom is 0.303 e. The Morgan fingerprint density at radius 2 is 0.977 bits per heavy atom. The molecule has 4 aromatic rings. The molecule has 0 saturated carbocycles. The van der Waals surface area contributed by atoms with Gasteiger partial charge in [-0.1, -0.05) is 148 Å². The molecule has 0 aromatic heterocycles. The summed E-state index contributed by atoms with van der Waals surface area (Å²) in [6.07, 6.45) is 10.4. The lowest BCUT2D eigenvalue weighted by Crippen LogP contribution is -2.53. The van der Waals surface area contributed by atoms with Crippen molar-refractivity contribution in [3.63, 3.8) is 0 Å². The highest BCUT2D eigenvalue weighted by Crippen LogP contribution is 2.60. The highest BCUT2D eigenvalue weighted by molar-refractivity contribution is 5.67. The van der Waals surface area contributed by atoms with E-state index in [0.717, 1.165) is 71.2 Å². The van der Waals surface area contributed by atoms with Crippen LogP contribution in [0.15, 0.2) is 103 Å². The molecular weight excluding hydrogens is 548 g/mol. The molecule has 2 heterocycles. The zero-order chi connectivity index (χ0) is 30.2. The van der Waals surface area contributed by atoms with Crippen LogP contribution in [0.4, 0.5) is 0 Å². The van der Waals surface area contributed by atoms with Gasteiger partial charge in [-0.15, -0.1) is 0 Å². The number of carbonyl (C=O) groups is 1. The number of fused-ring (bicyclic) bond motifs is 1. The van der Waals surface area contributed by atoms with E-state index in [1.54, 1.807) is 0 Å². The predicted molar refractivity (Wildman–Crippen MR) is 171 cm³/mol. The second-order valence-electron chi connectivity index (χ2n) is 12.1. The fourth-order valence-corrected chi connectivity index (χ4v) is 6.92. The molecule has 2 aliphatic heterocycles. The summed E-state index contributed by atoms with van der Waals surface area (Å²) in [5, 5.41) is 8.70. The third kappa shape index (κ3) is 5.84. The summed E-state index contributed by atoms with van der Waals surface area (Å²) < 4.78 is 6.03. The first-order chi connectivity index (χ1) is 21.7. The van der Waals surface area contributed by atoms with Gasteiger partial charge in [0, 0.05) is 35.3 Å². The molecule has 5 heteroatoms. The van der Waals surface area contributed by atoms with Crippen LogP contribution >= 0.6 is 0 Å². The highest BCUT2D eigenvalue weighted by Gasteiger charge is 2.60. The largest absolute Gasteiger partial charge is 0.481 e. The van der Waals surface area contributed by atoms with Gasteiger partial charge in [-0.25, -0.2) is 9.78 Å². The summed E-state index contributed by atoms with van der Waals surface area (Å²) in [6, 6.07) is 35.9. The van der Waals surface area contributed by atoms with Crippen molar-refractivity contribution in [1.82, 2.24) is 0 Å². The molecule has 228 valence electrons. The monoisotopic (exact) mass is 590 g/mol. The highest BCUT2D eigenvalue weighted by atomic mass is 17.2. The van der Waals surface area contributed by atoms with E-state index in [-0.39, 0.29) is 0 Å². The lowest BCUT2D eigenvalue weighted by Gasteiger charge is -2.53. The molecule has 5 nitrogen and oxygen atoms in total. The van der Waals surface area contributed by atoms with Crippen LogP contribution in [-0.4, -0.2) is 17.7 Å². The van der Waals surface area contributed by atoms with E-state index in [2.05, 4.69) is 84.9 Å². The van der Waals surface area contributed by atoms with Gasteiger partial charge in [0.05, 0.1) is 6.61 Å². The second-order valence-corrected chi connectivity index (χ2v) is 12.1. The van der Waals surface area contributed by atoms with Crippen molar-refractivity contribution in [2.75, 3.05) is 6.61 Å². The molecule has 0 spiro atoms. The van der Waals surface area contributed by atoms with Crippen molar-refractivity contribution in [3.8, 4) is 0 Å². The van der Waals surface area contributed by atoms with E-state index in [0.29, 0.717) is 13.0 Å². The van der Waals surface area contributed by atoms with E-state index in [4.69, 9.17) is 19.6 Å². The van der Waals surface area contributed by atoms with Crippen molar-refractivity contribution < 1.29 is 24.4 Å². The Kier molecular flexibility index (Phi) is 9.56. The Labute approximate surface area is 260 Å². The van der Waals surface area contributed by atoms with Crippen molar-refractivity contribution in [2.45, 2.75) is 82.0 Å². The first-order valence-electron chi connectivity index (χ1n) is 16.2. The average Bonchev–Trinajstić information content (AvgIpc) is 3.07. The van der Waals surface area contributed by atoms with Gasteiger partial charge in [0.2, 0.25) is 0 Å². The van der Waals surface area contributed by atoms with Gasteiger partial charge < -0.3 is 9.84 Å². The molecule has 44 heavy (non-hydrogen) atoms. The van der Waals surface area contributed by atoms with Gasteiger partial charge in [0.1, 0.15) is 0 Å². The normalized spacial score (nSPS) is 19.8. The van der Waals surface area contributed by atoms with Crippen LogP contribution in [0.5, 0.6) is 0 Å². The number of unbranched alkanes of at least 4 members (excludes halogenated alkanes) is 8. The minimum atomic E-state index is -0.860. The molecule has 1 N–H and O–H groups in total. The van der Waals surface area contributed by atoms with Gasteiger partial charge in [-0.05, 0) is 29.5 Å². The zero-order valence-corrected chi connectivity index (χ0v) is 25.4. The Hall–Kier alpha value is -3.77. The van der Waals surface area contributed by atoms with Crippen molar-refractivity contribution in [3.05, 3.63) is 142 Å².